The van der Waals surface area contributed by atoms with Gasteiger partial charge in [-0.3, -0.25) is 0 Å². The van der Waals surface area contributed by atoms with E-state index < -0.39 is 0 Å². The lowest BCUT2D eigenvalue weighted by Crippen LogP contribution is -1.89. The molecular formula is C20H27FOS. The van der Waals surface area contributed by atoms with E-state index >= 15 is 0 Å². The third-order valence-corrected chi connectivity index (χ3v) is 4.85. The molecule has 126 valence electrons. The summed E-state index contributed by atoms with van der Waals surface area (Å²) in [5.74, 6) is -0.215. The maximum absolute atomic E-state index is 14.1. The Bertz CT molecular complexity index is 645. The fourth-order valence-electron chi connectivity index (χ4n) is 2.06. The molecular weight excluding hydrogens is 307 g/mol. The molecule has 0 aromatic carbocycles. The molecule has 0 aliphatic rings. The summed E-state index contributed by atoms with van der Waals surface area (Å²) in [5.41, 5.74) is 4.10. The van der Waals surface area contributed by atoms with Crippen molar-refractivity contribution in [1.82, 2.24) is 0 Å². The quantitative estimate of drug-likeness (QED) is 0.410. The normalized spacial score (nSPS) is 14.1. The lowest BCUT2D eigenvalue weighted by Gasteiger charge is -1.98. The van der Waals surface area contributed by atoms with E-state index in [0.717, 1.165) is 5.57 Å². The monoisotopic (exact) mass is 334 g/mol. The minimum atomic E-state index is -0.215. The predicted octanol–water partition coefficient (Wildman–Crippen LogP) is 6.47. The van der Waals surface area contributed by atoms with Gasteiger partial charge in [0.2, 0.25) is 0 Å². The highest BCUT2D eigenvalue weighted by Gasteiger charge is 2.06. The van der Waals surface area contributed by atoms with E-state index in [0.29, 0.717) is 18.8 Å². The van der Waals surface area contributed by atoms with Gasteiger partial charge in [-0.15, -0.1) is 11.3 Å². The Balaban J connectivity index is 2.81. The molecule has 1 aromatic rings. The van der Waals surface area contributed by atoms with E-state index in [-0.39, 0.29) is 5.83 Å². The van der Waals surface area contributed by atoms with Crippen LogP contribution < -0.4 is 0 Å². The highest BCUT2D eigenvalue weighted by molar-refractivity contribution is 7.12. The summed E-state index contributed by atoms with van der Waals surface area (Å²) < 4.78 is 19.4. The topological polar surface area (TPSA) is 9.23 Å². The van der Waals surface area contributed by atoms with E-state index in [9.17, 15) is 4.39 Å². The van der Waals surface area contributed by atoms with Crippen LogP contribution in [0.3, 0.4) is 0 Å². The van der Waals surface area contributed by atoms with Crippen LogP contribution in [-0.4, -0.2) is 13.2 Å². The third kappa shape index (κ3) is 6.28. The van der Waals surface area contributed by atoms with Crippen molar-refractivity contribution in [3.63, 3.8) is 0 Å². The van der Waals surface area contributed by atoms with Crippen molar-refractivity contribution in [2.45, 2.75) is 41.5 Å². The van der Waals surface area contributed by atoms with Gasteiger partial charge in [0.1, 0.15) is 5.83 Å². The average Bonchev–Trinajstić information content (AvgIpc) is 2.75. The molecule has 0 atom stereocenters. The second-order valence-electron chi connectivity index (χ2n) is 5.56. The zero-order chi connectivity index (χ0) is 17.4. The van der Waals surface area contributed by atoms with Crippen LogP contribution >= 0.6 is 11.3 Å². The first kappa shape index (κ1) is 19.6. The Morgan fingerprint density at radius 2 is 1.78 bits per heavy atom. The molecule has 0 bridgehead atoms. The first-order valence-electron chi connectivity index (χ1n) is 7.90. The Labute approximate surface area is 143 Å². The highest BCUT2D eigenvalue weighted by atomic mass is 32.1. The van der Waals surface area contributed by atoms with Crippen LogP contribution in [-0.2, 0) is 4.74 Å². The Morgan fingerprint density at radius 1 is 1.09 bits per heavy atom. The summed E-state index contributed by atoms with van der Waals surface area (Å²) >= 11 is 1.79. The first-order valence-corrected chi connectivity index (χ1v) is 8.72. The second kappa shape index (κ2) is 9.64. The van der Waals surface area contributed by atoms with Crippen LogP contribution in [0.5, 0.6) is 0 Å². The summed E-state index contributed by atoms with van der Waals surface area (Å²) in [6.45, 7) is 13.3. The van der Waals surface area contributed by atoms with Crippen molar-refractivity contribution < 1.29 is 9.13 Å². The van der Waals surface area contributed by atoms with Gasteiger partial charge in [-0.05, 0) is 64.3 Å². The number of ether oxygens (including phenoxy) is 1. The molecule has 23 heavy (non-hydrogen) atoms. The van der Waals surface area contributed by atoms with E-state index in [2.05, 4.69) is 20.8 Å². The SMILES string of the molecule is CCOCC=C(C)C=CC(F)=C(C)C=Cc1c(C)sc(C)c1C. The molecule has 0 aliphatic carbocycles. The fourth-order valence-corrected chi connectivity index (χ4v) is 3.11. The molecule has 0 amide bonds. The minimum absolute atomic E-state index is 0.215. The molecule has 0 N–H and O–H groups in total. The van der Waals surface area contributed by atoms with E-state index in [1.807, 2.05) is 32.1 Å². The Hall–Kier alpha value is -1.45. The predicted molar refractivity (Wildman–Crippen MR) is 101 cm³/mol. The van der Waals surface area contributed by atoms with Crippen LogP contribution in [0.4, 0.5) is 4.39 Å². The smallest absolute Gasteiger partial charge is 0.126 e. The number of hydrogen-bond acceptors (Lipinski definition) is 2. The standard InChI is InChI=1S/C20H27FOS/c1-7-22-13-12-14(2)8-11-20(21)15(3)9-10-19-16(4)17(5)23-18(19)6/h8-12H,7,13H2,1-6H3. The van der Waals surface area contributed by atoms with Gasteiger partial charge in [0.25, 0.3) is 0 Å². The van der Waals surface area contributed by atoms with Crippen LogP contribution in [0.2, 0.25) is 0 Å². The summed E-state index contributed by atoms with van der Waals surface area (Å²) in [6, 6.07) is 0. The molecule has 0 saturated carbocycles. The summed E-state index contributed by atoms with van der Waals surface area (Å²) in [7, 11) is 0. The molecule has 0 radical (unpaired) electrons. The Kier molecular flexibility index (Phi) is 8.21. The average molecular weight is 335 g/mol. The van der Waals surface area contributed by atoms with Crippen molar-refractivity contribution in [3.05, 3.63) is 62.2 Å². The number of allylic oxidation sites excluding steroid dienone is 6. The van der Waals surface area contributed by atoms with Gasteiger partial charge in [-0.25, -0.2) is 4.39 Å². The van der Waals surface area contributed by atoms with E-state index in [1.165, 1.54) is 27.0 Å². The van der Waals surface area contributed by atoms with E-state index in [4.69, 9.17) is 4.74 Å². The molecule has 0 saturated heterocycles. The number of hydrogen-bond donors (Lipinski definition) is 0. The lowest BCUT2D eigenvalue weighted by molar-refractivity contribution is 0.177. The van der Waals surface area contributed by atoms with Crippen molar-refractivity contribution >= 4 is 17.4 Å². The van der Waals surface area contributed by atoms with Gasteiger partial charge in [0, 0.05) is 16.4 Å². The second-order valence-corrected chi connectivity index (χ2v) is 6.99. The molecule has 0 aliphatic heterocycles. The van der Waals surface area contributed by atoms with Gasteiger partial charge in [-0.2, -0.15) is 0 Å². The van der Waals surface area contributed by atoms with Crippen LogP contribution in [0.1, 0.15) is 41.7 Å². The fraction of sp³-hybridized carbons (Fsp3) is 0.400. The first-order chi connectivity index (χ1) is 10.9. The van der Waals surface area contributed by atoms with Crippen molar-refractivity contribution in [1.29, 1.82) is 0 Å². The maximum Gasteiger partial charge on any atom is 0.126 e. The molecule has 0 fully saturated rings. The van der Waals surface area contributed by atoms with Crippen molar-refractivity contribution in [2.24, 2.45) is 0 Å². The number of halogens is 1. The summed E-state index contributed by atoms with van der Waals surface area (Å²) in [6.07, 6.45) is 9.08. The van der Waals surface area contributed by atoms with E-state index in [1.54, 1.807) is 24.3 Å². The van der Waals surface area contributed by atoms with Crippen LogP contribution in [0.15, 0.2) is 41.3 Å². The lowest BCUT2D eigenvalue weighted by atomic mass is 10.1. The zero-order valence-corrected chi connectivity index (χ0v) is 15.8. The summed E-state index contributed by atoms with van der Waals surface area (Å²) in [5, 5.41) is 0. The third-order valence-electron chi connectivity index (χ3n) is 3.71. The van der Waals surface area contributed by atoms with Crippen LogP contribution in [0.25, 0.3) is 6.08 Å². The van der Waals surface area contributed by atoms with Gasteiger partial charge in [0.15, 0.2) is 0 Å². The summed E-state index contributed by atoms with van der Waals surface area (Å²) in [4.78, 5) is 2.59. The maximum atomic E-state index is 14.1. The van der Waals surface area contributed by atoms with Gasteiger partial charge in [-0.1, -0.05) is 29.9 Å². The highest BCUT2D eigenvalue weighted by Crippen LogP contribution is 2.28. The molecule has 0 unspecified atom stereocenters. The molecule has 1 heterocycles. The van der Waals surface area contributed by atoms with Gasteiger partial charge < -0.3 is 4.74 Å². The van der Waals surface area contributed by atoms with Crippen molar-refractivity contribution in [3.8, 4) is 0 Å². The molecule has 1 nitrogen and oxygen atoms in total. The molecule has 1 rings (SSSR count). The largest absolute Gasteiger partial charge is 0.378 e. The molecule has 1 aromatic heterocycles. The van der Waals surface area contributed by atoms with Crippen LogP contribution in [0, 0.1) is 20.8 Å². The number of thiophene rings is 1. The number of aryl methyl sites for hydroxylation is 2. The van der Waals surface area contributed by atoms with Crippen molar-refractivity contribution in [2.75, 3.05) is 13.2 Å². The van der Waals surface area contributed by atoms with Gasteiger partial charge >= 0.3 is 0 Å². The molecule has 3 heteroatoms. The number of rotatable bonds is 7. The Morgan fingerprint density at radius 3 is 2.35 bits per heavy atom. The minimum Gasteiger partial charge on any atom is -0.378 e. The van der Waals surface area contributed by atoms with Gasteiger partial charge in [0.05, 0.1) is 6.61 Å². The molecule has 0 spiro atoms. The zero-order valence-electron chi connectivity index (χ0n) is 15.0.